The summed E-state index contributed by atoms with van der Waals surface area (Å²) in [4.78, 5) is 0. The SMILES string of the molecule is CCOP(=O)(OCC)C(c1ccc(CO)cc1)(c1ccc(OC)cc1)c1ccc(OC)cc1. The predicted octanol–water partition coefficient (Wildman–Crippen LogP) is 5.75. The van der Waals surface area contributed by atoms with Crippen LogP contribution < -0.4 is 9.47 Å². The van der Waals surface area contributed by atoms with Gasteiger partial charge in [-0.15, -0.1) is 0 Å². The van der Waals surface area contributed by atoms with Crippen LogP contribution in [0.25, 0.3) is 0 Å². The second-order valence-electron chi connectivity index (χ2n) is 7.36. The number of aliphatic hydroxyl groups excluding tert-OH is 1. The van der Waals surface area contributed by atoms with E-state index in [9.17, 15) is 9.67 Å². The van der Waals surface area contributed by atoms with Crippen LogP contribution in [0.3, 0.4) is 0 Å². The van der Waals surface area contributed by atoms with Gasteiger partial charge in [-0.2, -0.15) is 0 Å². The molecule has 0 spiro atoms. The molecule has 0 aromatic heterocycles. The molecule has 7 heteroatoms. The van der Waals surface area contributed by atoms with Crippen LogP contribution >= 0.6 is 7.60 Å². The highest BCUT2D eigenvalue weighted by molar-refractivity contribution is 7.55. The maximum atomic E-state index is 14.7. The Bertz CT molecular complexity index is 936. The van der Waals surface area contributed by atoms with Crippen molar-refractivity contribution in [1.82, 2.24) is 0 Å². The molecule has 3 rings (SSSR count). The number of rotatable bonds is 11. The summed E-state index contributed by atoms with van der Waals surface area (Å²) in [6.07, 6.45) is 0. The smallest absolute Gasteiger partial charge is 0.349 e. The number of benzene rings is 3. The molecule has 3 aromatic rings. The molecular weight excluding hydrogens is 439 g/mol. The molecule has 0 amide bonds. The lowest BCUT2D eigenvalue weighted by atomic mass is 9.83. The minimum atomic E-state index is -3.84. The minimum Gasteiger partial charge on any atom is -0.497 e. The van der Waals surface area contributed by atoms with Crippen molar-refractivity contribution in [3.63, 3.8) is 0 Å². The van der Waals surface area contributed by atoms with Gasteiger partial charge >= 0.3 is 7.60 Å². The van der Waals surface area contributed by atoms with Gasteiger partial charge in [0.05, 0.1) is 34.0 Å². The Balaban J connectivity index is 2.44. The Kier molecular flexibility index (Phi) is 8.33. The second kappa shape index (κ2) is 11.0. The lowest BCUT2D eigenvalue weighted by Crippen LogP contribution is -2.32. The Morgan fingerprint density at radius 1 is 0.697 bits per heavy atom. The molecule has 0 unspecified atom stereocenters. The molecule has 0 heterocycles. The van der Waals surface area contributed by atoms with E-state index >= 15 is 0 Å². The summed E-state index contributed by atoms with van der Waals surface area (Å²) in [5.74, 6) is 1.36. The summed E-state index contributed by atoms with van der Waals surface area (Å²) in [5.41, 5.74) is 2.94. The van der Waals surface area contributed by atoms with Crippen molar-refractivity contribution < 1.29 is 28.2 Å². The van der Waals surface area contributed by atoms with Crippen molar-refractivity contribution in [2.45, 2.75) is 25.6 Å². The maximum Gasteiger partial charge on any atom is 0.349 e. The molecule has 0 fully saturated rings. The van der Waals surface area contributed by atoms with E-state index in [4.69, 9.17) is 18.5 Å². The molecule has 0 radical (unpaired) electrons. The van der Waals surface area contributed by atoms with Crippen molar-refractivity contribution in [1.29, 1.82) is 0 Å². The van der Waals surface area contributed by atoms with Gasteiger partial charge < -0.3 is 23.6 Å². The van der Waals surface area contributed by atoms with Crippen LogP contribution in [0, 0.1) is 0 Å². The van der Waals surface area contributed by atoms with E-state index in [1.54, 1.807) is 28.1 Å². The van der Waals surface area contributed by atoms with E-state index < -0.39 is 12.8 Å². The topological polar surface area (TPSA) is 74.2 Å². The summed E-state index contributed by atoms with van der Waals surface area (Å²) >= 11 is 0. The van der Waals surface area contributed by atoms with Gasteiger partial charge in [0.1, 0.15) is 16.7 Å². The van der Waals surface area contributed by atoms with E-state index in [-0.39, 0.29) is 19.8 Å². The average Bonchev–Trinajstić information content (AvgIpc) is 2.86. The largest absolute Gasteiger partial charge is 0.497 e. The van der Waals surface area contributed by atoms with Gasteiger partial charge in [0.25, 0.3) is 0 Å². The van der Waals surface area contributed by atoms with Crippen LogP contribution in [0.2, 0.25) is 0 Å². The van der Waals surface area contributed by atoms with E-state index in [0.717, 1.165) is 22.3 Å². The molecule has 6 nitrogen and oxygen atoms in total. The fourth-order valence-corrected chi connectivity index (χ4v) is 6.60. The first kappa shape index (κ1) is 25.0. The minimum absolute atomic E-state index is 0.0903. The van der Waals surface area contributed by atoms with Crippen molar-refractivity contribution in [3.8, 4) is 11.5 Å². The molecule has 1 N–H and O–H groups in total. The van der Waals surface area contributed by atoms with E-state index in [0.29, 0.717) is 11.5 Å². The molecule has 0 aliphatic carbocycles. The average molecular weight is 471 g/mol. The standard InChI is InChI=1S/C26H31O6P/c1-5-31-33(28,32-6-2)26(21-9-7-20(19-27)8-10-21,22-11-15-24(29-3)16-12-22)23-13-17-25(30-4)18-14-23/h7-18,27H,5-6,19H2,1-4H3. The molecule has 3 aromatic carbocycles. The third-order valence-electron chi connectivity index (χ3n) is 5.58. The van der Waals surface area contributed by atoms with Crippen molar-refractivity contribution in [3.05, 3.63) is 95.1 Å². The molecular formula is C26H31O6P. The highest BCUT2D eigenvalue weighted by Gasteiger charge is 2.55. The van der Waals surface area contributed by atoms with Gasteiger partial charge in [0.2, 0.25) is 0 Å². The van der Waals surface area contributed by atoms with Gasteiger partial charge in [0.15, 0.2) is 0 Å². The molecule has 33 heavy (non-hydrogen) atoms. The Labute approximate surface area is 195 Å². The van der Waals surface area contributed by atoms with Crippen molar-refractivity contribution in [2.24, 2.45) is 0 Å². The van der Waals surface area contributed by atoms with Crippen LogP contribution in [0.5, 0.6) is 11.5 Å². The molecule has 0 aliphatic heterocycles. The molecule has 176 valence electrons. The third-order valence-corrected chi connectivity index (χ3v) is 8.37. The van der Waals surface area contributed by atoms with Gasteiger partial charge in [0, 0.05) is 0 Å². The molecule has 0 atom stereocenters. The first-order chi connectivity index (χ1) is 16.0. The Morgan fingerprint density at radius 2 is 1.06 bits per heavy atom. The molecule has 0 saturated carbocycles. The van der Waals surface area contributed by atoms with Crippen LogP contribution in [0.4, 0.5) is 0 Å². The van der Waals surface area contributed by atoms with E-state index in [1.807, 2.05) is 72.8 Å². The summed E-state index contributed by atoms with van der Waals surface area (Å²) < 4.78 is 37.4. The molecule has 0 bridgehead atoms. The van der Waals surface area contributed by atoms with Gasteiger partial charge in [-0.25, -0.2) is 0 Å². The van der Waals surface area contributed by atoms with Crippen LogP contribution in [0.15, 0.2) is 72.8 Å². The summed E-state index contributed by atoms with van der Waals surface area (Å²) in [5, 5.41) is 8.30. The highest BCUT2D eigenvalue weighted by Crippen LogP contribution is 2.70. The van der Waals surface area contributed by atoms with Crippen LogP contribution in [-0.2, 0) is 25.4 Å². The first-order valence-electron chi connectivity index (χ1n) is 10.9. The summed E-state index contributed by atoms with van der Waals surface area (Å²) in [7, 11) is -0.637. The van der Waals surface area contributed by atoms with Crippen molar-refractivity contribution >= 4 is 7.60 Å². The number of hydrogen-bond donors (Lipinski definition) is 1. The number of methoxy groups -OCH3 is 2. The zero-order chi connectivity index (χ0) is 23.9. The Morgan fingerprint density at radius 3 is 1.36 bits per heavy atom. The fourth-order valence-electron chi connectivity index (χ4n) is 4.06. The lowest BCUT2D eigenvalue weighted by Gasteiger charge is -2.40. The Hall–Kier alpha value is -2.63. The van der Waals surface area contributed by atoms with Gasteiger partial charge in [-0.1, -0.05) is 48.5 Å². The molecule has 0 saturated heterocycles. The van der Waals surface area contributed by atoms with Gasteiger partial charge in [-0.3, -0.25) is 4.57 Å². The summed E-state index contributed by atoms with van der Waals surface area (Å²) in [6, 6.07) is 22.2. The zero-order valence-corrected chi connectivity index (χ0v) is 20.4. The monoisotopic (exact) mass is 470 g/mol. The second-order valence-corrected chi connectivity index (χ2v) is 9.54. The van der Waals surface area contributed by atoms with Crippen LogP contribution in [-0.4, -0.2) is 32.5 Å². The van der Waals surface area contributed by atoms with E-state index in [1.165, 1.54) is 0 Å². The van der Waals surface area contributed by atoms with Crippen molar-refractivity contribution in [2.75, 3.05) is 27.4 Å². The fraction of sp³-hybridized carbons (Fsp3) is 0.308. The number of aliphatic hydroxyl groups is 1. The predicted molar refractivity (Wildman–Crippen MR) is 129 cm³/mol. The number of hydrogen-bond acceptors (Lipinski definition) is 6. The van der Waals surface area contributed by atoms with E-state index in [2.05, 4.69) is 0 Å². The van der Waals surface area contributed by atoms with Crippen LogP contribution in [0.1, 0.15) is 36.1 Å². The molecule has 0 aliphatic rings. The summed E-state index contributed by atoms with van der Waals surface area (Å²) in [6.45, 7) is 3.92. The maximum absolute atomic E-state index is 14.7. The third kappa shape index (κ3) is 4.71. The van der Waals surface area contributed by atoms with Gasteiger partial charge in [-0.05, 0) is 60.4 Å². The zero-order valence-electron chi connectivity index (χ0n) is 19.5. The highest BCUT2D eigenvalue weighted by atomic mass is 31.2. The first-order valence-corrected chi connectivity index (χ1v) is 12.4. The normalized spacial score (nSPS) is 11.9. The lowest BCUT2D eigenvalue weighted by molar-refractivity contribution is 0.206. The number of ether oxygens (including phenoxy) is 2. The quantitative estimate of drug-likeness (QED) is 0.284.